The van der Waals surface area contributed by atoms with Crippen LogP contribution in [0.4, 0.5) is 0 Å². The highest BCUT2D eigenvalue weighted by Crippen LogP contribution is 2.42. The quantitative estimate of drug-likeness (QED) is 0.359. The molecule has 5 heteroatoms. The fourth-order valence-corrected chi connectivity index (χ4v) is 8.71. The van der Waals surface area contributed by atoms with E-state index in [-0.39, 0.29) is 0 Å². The lowest BCUT2D eigenvalue weighted by atomic mass is 10.4. The summed E-state index contributed by atoms with van der Waals surface area (Å²) < 4.78 is 14.8. The SMILES string of the molecule is O=P(c1ccccc1)(c1ccccc1)c1cc(P(c2ccccc2)c2ccccc2)ncn1. The minimum Gasteiger partial charge on any atom is -0.307 e. The van der Waals surface area contributed by atoms with E-state index in [9.17, 15) is 4.57 Å². The van der Waals surface area contributed by atoms with Crippen molar-refractivity contribution in [3.8, 4) is 0 Å². The van der Waals surface area contributed by atoms with E-state index in [4.69, 9.17) is 0 Å². The summed E-state index contributed by atoms with van der Waals surface area (Å²) in [6.45, 7) is 0. The third kappa shape index (κ3) is 4.31. The molecule has 1 heterocycles. The minimum absolute atomic E-state index is 0.560. The molecular formula is C28H22N2OP2. The van der Waals surface area contributed by atoms with Crippen molar-refractivity contribution in [2.75, 3.05) is 0 Å². The first-order valence-corrected chi connectivity index (χ1v) is 13.8. The lowest BCUT2D eigenvalue weighted by molar-refractivity contribution is 0.592. The maximum Gasteiger partial charge on any atom is 0.188 e. The van der Waals surface area contributed by atoms with Gasteiger partial charge in [0.25, 0.3) is 0 Å². The van der Waals surface area contributed by atoms with Crippen molar-refractivity contribution in [2.24, 2.45) is 0 Å². The number of nitrogens with zero attached hydrogens (tertiary/aromatic N) is 2. The molecule has 0 bridgehead atoms. The van der Waals surface area contributed by atoms with Gasteiger partial charge >= 0.3 is 0 Å². The zero-order chi connectivity index (χ0) is 22.5. The highest BCUT2D eigenvalue weighted by molar-refractivity contribution is 7.85. The second kappa shape index (κ2) is 9.63. The van der Waals surface area contributed by atoms with Gasteiger partial charge in [-0.1, -0.05) is 121 Å². The third-order valence-electron chi connectivity index (χ3n) is 5.46. The molecular weight excluding hydrogens is 442 g/mol. The molecule has 5 rings (SSSR count). The van der Waals surface area contributed by atoms with E-state index in [1.807, 2.05) is 78.9 Å². The van der Waals surface area contributed by atoms with Gasteiger partial charge in [-0.15, -0.1) is 0 Å². The van der Waals surface area contributed by atoms with E-state index >= 15 is 0 Å². The van der Waals surface area contributed by atoms with E-state index < -0.39 is 15.1 Å². The van der Waals surface area contributed by atoms with Gasteiger partial charge in [0.1, 0.15) is 11.8 Å². The molecule has 0 aliphatic rings. The first-order chi connectivity index (χ1) is 16.3. The number of rotatable bonds is 6. The van der Waals surface area contributed by atoms with Crippen molar-refractivity contribution in [1.29, 1.82) is 0 Å². The summed E-state index contributed by atoms with van der Waals surface area (Å²) in [5.41, 5.74) is 1.45. The Kier molecular flexibility index (Phi) is 6.26. The van der Waals surface area contributed by atoms with Crippen LogP contribution in [-0.4, -0.2) is 9.97 Å². The highest BCUT2D eigenvalue weighted by atomic mass is 31.2. The molecule has 0 saturated carbocycles. The van der Waals surface area contributed by atoms with Crippen LogP contribution in [0, 0.1) is 0 Å². The molecule has 0 saturated heterocycles. The summed E-state index contributed by atoms with van der Waals surface area (Å²) >= 11 is 0. The number of hydrogen-bond acceptors (Lipinski definition) is 3. The van der Waals surface area contributed by atoms with Gasteiger partial charge in [-0.05, 0) is 16.7 Å². The summed E-state index contributed by atoms with van der Waals surface area (Å²) in [5.74, 6) is 0. The molecule has 5 aromatic rings. The van der Waals surface area contributed by atoms with Gasteiger partial charge in [0.15, 0.2) is 7.14 Å². The molecule has 0 unspecified atom stereocenters. The van der Waals surface area contributed by atoms with Gasteiger partial charge in [0.2, 0.25) is 0 Å². The molecule has 0 aliphatic heterocycles. The number of aromatic nitrogens is 2. The van der Waals surface area contributed by atoms with Crippen LogP contribution in [0.2, 0.25) is 0 Å². The zero-order valence-electron chi connectivity index (χ0n) is 17.9. The molecule has 0 aliphatic carbocycles. The first kappa shape index (κ1) is 21.5. The van der Waals surface area contributed by atoms with Gasteiger partial charge in [-0.2, -0.15) is 0 Å². The summed E-state index contributed by atoms with van der Waals surface area (Å²) in [5, 5.41) is 3.92. The zero-order valence-corrected chi connectivity index (χ0v) is 19.7. The number of benzene rings is 4. The molecule has 0 radical (unpaired) electrons. The smallest absolute Gasteiger partial charge is 0.188 e. The van der Waals surface area contributed by atoms with Crippen LogP contribution in [0.3, 0.4) is 0 Å². The molecule has 1 aromatic heterocycles. The Morgan fingerprint density at radius 3 is 1.42 bits per heavy atom. The molecule has 4 aromatic carbocycles. The molecule has 3 nitrogen and oxygen atoms in total. The molecule has 0 atom stereocenters. The van der Waals surface area contributed by atoms with Crippen molar-refractivity contribution in [3.05, 3.63) is 134 Å². The van der Waals surface area contributed by atoms with Crippen molar-refractivity contribution < 1.29 is 4.57 Å². The molecule has 160 valence electrons. The minimum atomic E-state index is -3.17. The van der Waals surface area contributed by atoms with Crippen LogP contribution in [0.15, 0.2) is 134 Å². The molecule has 0 fully saturated rings. The number of hydrogen-bond donors (Lipinski definition) is 0. The molecule has 0 N–H and O–H groups in total. The summed E-state index contributed by atoms with van der Waals surface area (Å²) in [4.78, 5) is 9.26. The Bertz CT molecular complexity index is 1300. The molecule has 0 spiro atoms. The van der Waals surface area contributed by atoms with Gasteiger partial charge in [-0.25, -0.2) is 9.97 Å². The lowest BCUT2D eigenvalue weighted by Crippen LogP contribution is -2.31. The maximum atomic E-state index is 14.8. The van der Waals surface area contributed by atoms with Gasteiger partial charge in [0, 0.05) is 18.5 Å². The monoisotopic (exact) mass is 464 g/mol. The van der Waals surface area contributed by atoms with Gasteiger partial charge in [-0.3, -0.25) is 0 Å². The fourth-order valence-electron chi connectivity index (χ4n) is 3.89. The topological polar surface area (TPSA) is 42.9 Å². The average molecular weight is 464 g/mol. The fraction of sp³-hybridized carbons (Fsp3) is 0. The van der Waals surface area contributed by atoms with Crippen molar-refractivity contribution in [1.82, 2.24) is 9.97 Å². The Hall–Kier alpha value is -3.38. The lowest BCUT2D eigenvalue weighted by Gasteiger charge is -2.22. The van der Waals surface area contributed by atoms with Gasteiger partial charge in [0.05, 0.1) is 5.44 Å². The van der Waals surface area contributed by atoms with Crippen LogP contribution in [0.25, 0.3) is 0 Å². The Morgan fingerprint density at radius 1 is 0.545 bits per heavy atom. The Balaban J connectivity index is 1.71. The second-order valence-corrected chi connectivity index (χ2v) is 12.4. The van der Waals surface area contributed by atoms with E-state index in [1.165, 1.54) is 10.6 Å². The van der Waals surface area contributed by atoms with Crippen LogP contribution in [-0.2, 0) is 4.57 Å². The largest absolute Gasteiger partial charge is 0.307 e. The Labute approximate surface area is 195 Å². The van der Waals surface area contributed by atoms with Crippen molar-refractivity contribution in [3.63, 3.8) is 0 Å². The van der Waals surface area contributed by atoms with E-state index in [1.54, 1.807) is 6.33 Å². The first-order valence-electron chi connectivity index (χ1n) is 10.7. The van der Waals surface area contributed by atoms with Crippen LogP contribution in [0.1, 0.15) is 0 Å². The van der Waals surface area contributed by atoms with Gasteiger partial charge < -0.3 is 4.57 Å². The summed E-state index contributed by atoms with van der Waals surface area (Å²) in [6.07, 6.45) is 1.56. The van der Waals surface area contributed by atoms with E-state index in [2.05, 4.69) is 58.5 Å². The standard InChI is InChI=1S/C28H22N2OP2/c31-33(25-17-9-3-10-18-25,26-19-11-4-12-20-26)28-21-27(29-22-30-28)32(23-13-5-1-6-14-23)24-15-7-2-8-16-24/h1-22H. The second-order valence-electron chi connectivity index (χ2n) is 7.52. The van der Waals surface area contributed by atoms with Crippen molar-refractivity contribution in [2.45, 2.75) is 0 Å². The van der Waals surface area contributed by atoms with E-state index in [0.717, 1.165) is 16.0 Å². The van der Waals surface area contributed by atoms with Crippen LogP contribution < -0.4 is 32.1 Å². The van der Waals surface area contributed by atoms with Crippen molar-refractivity contribution >= 4 is 47.2 Å². The van der Waals surface area contributed by atoms with E-state index in [0.29, 0.717) is 5.44 Å². The third-order valence-corrected chi connectivity index (χ3v) is 10.7. The molecule has 0 amide bonds. The molecule has 33 heavy (non-hydrogen) atoms. The Morgan fingerprint density at radius 2 is 0.970 bits per heavy atom. The van der Waals surface area contributed by atoms with Crippen LogP contribution >= 0.6 is 15.1 Å². The summed E-state index contributed by atoms with van der Waals surface area (Å²) in [6, 6.07) is 42.0. The normalized spacial score (nSPS) is 11.4. The maximum absolute atomic E-state index is 14.8. The summed E-state index contributed by atoms with van der Waals surface area (Å²) in [7, 11) is -4.09. The predicted octanol–water partition coefficient (Wildman–Crippen LogP) is 3.87. The predicted molar refractivity (Wildman–Crippen MR) is 140 cm³/mol. The highest BCUT2D eigenvalue weighted by Gasteiger charge is 2.32. The van der Waals surface area contributed by atoms with Crippen LogP contribution in [0.5, 0.6) is 0 Å². The average Bonchev–Trinajstić information content (AvgIpc) is 2.91.